The maximum Gasteiger partial charge on any atom is 0.306 e. The summed E-state index contributed by atoms with van der Waals surface area (Å²) in [5.41, 5.74) is 5.38. The van der Waals surface area contributed by atoms with Crippen molar-refractivity contribution >= 4 is 5.97 Å². The van der Waals surface area contributed by atoms with Crippen molar-refractivity contribution in [1.82, 2.24) is 0 Å². The van der Waals surface area contributed by atoms with Crippen molar-refractivity contribution in [2.45, 2.75) is 39.7 Å². The molecule has 0 aliphatic heterocycles. The molecule has 0 spiro atoms. The van der Waals surface area contributed by atoms with Crippen LogP contribution in [0.15, 0.2) is 0 Å². The minimum atomic E-state index is -0.137. The number of hydrogen-bond acceptors (Lipinski definition) is 3. The van der Waals surface area contributed by atoms with Crippen LogP contribution in [0.25, 0.3) is 0 Å². The van der Waals surface area contributed by atoms with Crippen LogP contribution in [0.4, 0.5) is 0 Å². The standard InChI is InChI=1S/C9H19NO2/c1-4-8(3)12-9(11)5-7(2)6-10/h7-8H,4-6,10H2,1-3H3. The van der Waals surface area contributed by atoms with Gasteiger partial charge in [-0.3, -0.25) is 4.79 Å². The highest BCUT2D eigenvalue weighted by Gasteiger charge is 2.10. The van der Waals surface area contributed by atoms with Gasteiger partial charge in [0.15, 0.2) is 0 Å². The van der Waals surface area contributed by atoms with E-state index < -0.39 is 0 Å². The molecule has 3 heteroatoms. The zero-order valence-corrected chi connectivity index (χ0v) is 8.17. The SMILES string of the molecule is CCC(C)OC(=O)CC(C)CN. The van der Waals surface area contributed by atoms with E-state index in [1.165, 1.54) is 0 Å². The summed E-state index contributed by atoms with van der Waals surface area (Å²) in [6.07, 6.45) is 1.33. The van der Waals surface area contributed by atoms with Gasteiger partial charge in [-0.25, -0.2) is 0 Å². The summed E-state index contributed by atoms with van der Waals surface area (Å²) in [6.45, 7) is 6.36. The van der Waals surface area contributed by atoms with E-state index in [4.69, 9.17) is 10.5 Å². The second kappa shape index (κ2) is 6.00. The minimum absolute atomic E-state index is 0.0301. The summed E-state index contributed by atoms with van der Waals surface area (Å²) >= 11 is 0. The van der Waals surface area contributed by atoms with Crippen LogP contribution >= 0.6 is 0 Å². The summed E-state index contributed by atoms with van der Waals surface area (Å²) in [5, 5.41) is 0. The van der Waals surface area contributed by atoms with Gasteiger partial charge < -0.3 is 10.5 Å². The third-order valence-corrected chi connectivity index (χ3v) is 1.83. The molecule has 0 amide bonds. The normalized spacial score (nSPS) is 15.3. The molecule has 0 aliphatic carbocycles. The zero-order chi connectivity index (χ0) is 9.56. The molecule has 0 rings (SSSR count). The van der Waals surface area contributed by atoms with Crippen LogP contribution in [-0.4, -0.2) is 18.6 Å². The fraction of sp³-hybridized carbons (Fsp3) is 0.889. The Bertz CT molecular complexity index is 122. The van der Waals surface area contributed by atoms with Gasteiger partial charge in [-0.2, -0.15) is 0 Å². The van der Waals surface area contributed by atoms with Gasteiger partial charge in [0.1, 0.15) is 0 Å². The first-order chi connectivity index (χ1) is 5.60. The zero-order valence-electron chi connectivity index (χ0n) is 8.17. The molecule has 72 valence electrons. The molecule has 0 saturated heterocycles. The summed E-state index contributed by atoms with van der Waals surface area (Å²) in [6, 6.07) is 0. The Kier molecular flexibility index (Phi) is 5.72. The average molecular weight is 173 g/mol. The number of ether oxygens (including phenoxy) is 1. The Balaban J connectivity index is 3.59. The first-order valence-electron chi connectivity index (χ1n) is 4.49. The molecule has 0 aromatic rings. The molecule has 0 aliphatic rings. The predicted octanol–water partition coefficient (Wildman–Crippen LogP) is 1.31. The third-order valence-electron chi connectivity index (χ3n) is 1.83. The summed E-state index contributed by atoms with van der Waals surface area (Å²) < 4.78 is 5.08. The van der Waals surface area contributed by atoms with Crippen molar-refractivity contribution < 1.29 is 9.53 Å². The van der Waals surface area contributed by atoms with Gasteiger partial charge in [0.05, 0.1) is 6.10 Å². The van der Waals surface area contributed by atoms with E-state index in [0.717, 1.165) is 6.42 Å². The van der Waals surface area contributed by atoms with E-state index >= 15 is 0 Å². The molecule has 0 saturated carbocycles. The highest BCUT2D eigenvalue weighted by Crippen LogP contribution is 2.04. The van der Waals surface area contributed by atoms with E-state index in [9.17, 15) is 4.79 Å². The number of nitrogens with two attached hydrogens (primary N) is 1. The second-order valence-corrected chi connectivity index (χ2v) is 3.25. The summed E-state index contributed by atoms with van der Waals surface area (Å²) in [4.78, 5) is 11.1. The molecular weight excluding hydrogens is 154 g/mol. The van der Waals surface area contributed by atoms with E-state index in [1.807, 2.05) is 20.8 Å². The third kappa shape index (κ3) is 5.13. The largest absolute Gasteiger partial charge is 0.463 e. The van der Waals surface area contributed by atoms with Crippen molar-refractivity contribution in [1.29, 1.82) is 0 Å². The van der Waals surface area contributed by atoms with Gasteiger partial charge in [0.25, 0.3) is 0 Å². The first-order valence-corrected chi connectivity index (χ1v) is 4.49. The number of rotatable bonds is 5. The highest BCUT2D eigenvalue weighted by atomic mass is 16.5. The first kappa shape index (κ1) is 11.4. The van der Waals surface area contributed by atoms with E-state index in [-0.39, 0.29) is 18.0 Å². The Hall–Kier alpha value is -0.570. The molecule has 0 bridgehead atoms. The van der Waals surface area contributed by atoms with Crippen molar-refractivity contribution in [3.05, 3.63) is 0 Å². The molecule has 0 fully saturated rings. The Morgan fingerprint density at radius 3 is 2.50 bits per heavy atom. The van der Waals surface area contributed by atoms with Crippen LogP contribution in [0.1, 0.15) is 33.6 Å². The Labute approximate surface area is 74.3 Å². The maximum atomic E-state index is 11.1. The van der Waals surface area contributed by atoms with Gasteiger partial charge in [-0.05, 0) is 25.8 Å². The van der Waals surface area contributed by atoms with Gasteiger partial charge in [0.2, 0.25) is 0 Å². The molecule has 0 radical (unpaired) electrons. The molecule has 2 unspecified atom stereocenters. The number of esters is 1. The fourth-order valence-corrected chi connectivity index (χ4v) is 0.724. The van der Waals surface area contributed by atoms with Gasteiger partial charge >= 0.3 is 5.97 Å². The van der Waals surface area contributed by atoms with E-state index in [1.54, 1.807) is 0 Å². The molecule has 3 nitrogen and oxygen atoms in total. The molecule has 0 aromatic carbocycles. The predicted molar refractivity (Wildman–Crippen MR) is 48.7 cm³/mol. The summed E-state index contributed by atoms with van der Waals surface area (Å²) in [7, 11) is 0. The molecule has 0 heterocycles. The van der Waals surface area contributed by atoms with Crippen molar-refractivity contribution in [3.63, 3.8) is 0 Å². The molecule has 0 aromatic heterocycles. The van der Waals surface area contributed by atoms with Gasteiger partial charge in [-0.15, -0.1) is 0 Å². The maximum absolute atomic E-state index is 11.1. The Morgan fingerprint density at radius 2 is 2.08 bits per heavy atom. The van der Waals surface area contributed by atoms with Gasteiger partial charge in [0, 0.05) is 6.42 Å². The lowest BCUT2D eigenvalue weighted by Crippen LogP contribution is -2.20. The van der Waals surface area contributed by atoms with Crippen LogP contribution < -0.4 is 5.73 Å². The lowest BCUT2D eigenvalue weighted by Gasteiger charge is -2.12. The highest BCUT2D eigenvalue weighted by molar-refractivity contribution is 5.69. The van der Waals surface area contributed by atoms with Crippen LogP contribution in [0.3, 0.4) is 0 Å². The quantitative estimate of drug-likeness (QED) is 0.638. The van der Waals surface area contributed by atoms with Gasteiger partial charge in [-0.1, -0.05) is 13.8 Å². The van der Waals surface area contributed by atoms with Crippen LogP contribution in [0.5, 0.6) is 0 Å². The van der Waals surface area contributed by atoms with Crippen LogP contribution in [0, 0.1) is 5.92 Å². The molecule has 12 heavy (non-hydrogen) atoms. The Morgan fingerprint density at radius 1 is 1.50 bits per heavy atom. The lowest BCUT2D eigenvalue weighted by atomic mass is 10.1. The smallest absolute Gasteiger partial charge is 0.306 e. The van der Waals surface area contributed by atoms with E-state index in [0.29, 0.717) is 13.0 Å². The van der Waals surface area contributed by atoms with Crippen LogP contribution in [-0.2, 0) is 9.53 Å². The summed E-state index contributed by atoms with van der Waals surface area (Å²) in [5.74, 6) is 0.0869. The van der Waals surface area contributed by atoms with Crippen molar-refractivity contribution in [2.24, 2.45) is 11.7 Å². The van der Waals surface area contributed by atoms with Crippen LogP contribution in [0.2, 0.25) is 0 Å². The molecule has 2 atom stereocenters. The van der Waals surface area contributed by atoms with Crippen molar-refractivity contribution in [2.75, 3.05) is 6.54 Å². The second-order valence-electron chi connectivity index (χ2n) is 3.25. The lowest BCUT2D eigenvalue weighted by molar-refractivity contribution is -0.149. The molecule has 2 N–H and O–H groups in total. The topological polar surface area (TPSA) is 52.3 Å². The fourth-order valence-electron chi connectivity index (χ4n) is 0.724. The minimum Gasteiger partial charge on any atom is -0.463 e. The average Bonchev–Trinajstić information content (AvgIpc) is 2.03. The van der Waals surface area contributed by atoms with Crippen molar-refractivity contribution in [3.8, 4) is 0 Å². The number of carbonyl (C=O) groups is 1. The monoisotopic (exact) mass is 173 g/mol. The number of hydrogen-bond donors (Lipinski definition) is 1. The van der Waals surface area contributed by atoms with E-state index in [2.05, 4.69) is 0 Å². The molecular formula is C9H19NO2. The number of carbonyl (C=O) groups excluding carboxylic acids is 1.